The van der Waals surface area contributed by atoms with Gasteiger partial charge in [0.25, 0.3) is 5.91 Å². The first-order valence-electron chi connectivity index (χ1n) is 6.22. The molecule has 2 rings (SSSR count). The molecule has 1 aliphatic rings. The first kappa shape index (κ1) is 15.5. The van der Waals surface area contributed by atoms with E-state index in [4.69, 9.17) is 23.2 Å². The fraction of sp³-hybridized carbons (Fsp3) is 0.429. The highest BCUT2D eigenvalue weighted by Crippen LogP contribution is 2.34. The lowest BCUT2D eigenvalue weighted by Crippen LogP contribution is -2.44. The van der Waals surface area contributed by atoms with Crippen molar-refractivity contribution in [2.45, 2.75) is 17.6 Å². The van der Waals surface area contributed by atoms with Gasteiger partial charge in [-0.05, 0) is 37.3 Å². The highest BCUT2D eigenvalue weighted by atomic mass is 35.5. The predicted octanol–water partition coefficient (Wildman–Crippen LogP) is 3.85. The fourth-order valence-electron chi connectivity index (χ4n) is 2.24. The molecule has 0 N–H and O–H groups in total. The van der Waals surface area contributed by atoms with Gasteiger partial charge in [-0.2, -0.15) is 5.26 Å². The van der Waals surface area contributed by atoms with Gasteiger partial charge in [0, 0.05) is 18.7 Å². The summed E-state index contributed by atoms with van der Waals surface area (Å²) in [6.45, 7) is 1.18. The molecule has 1 saturated heterocycles. The number of nitriles is 1. The van der Waals surface area contributed by atoms with Gasteiger partial charge in [-0.15, -0.1) is 11.8 Å². The van der Waals surface area contributed by atoms with Crippen molar-refractivity contribution in [2.75, 3.05) is 19.3 Å². The fourth-order valence-corrected chi connectivity index (χ4v) is 3.22. The molecule has 6 heteroatoms. The Balaban J connectivity index is 2.09. The molecular weight excluding hydrogens is 315 g/mol. The number of hydrogen-bond donors (Lipinski definition) is 0. The smallest absolute Gasteiger partial charge is 0.253 e. The minimum absolute atomic E-state index is 0.0591. The van der Waals surface area contributed by atoms with Gasteiger partial charge in [0.05, 0.1) is 16.1 Å². The molecule has 1 aromatic carbocycles. The normalized spacial score (nSPS) is 17.6. The zero-order chi connectivity index (χ0) is 14.8. The summed E-state index contributed by atoms with van der Waals surface area (Å²) in [7, 11) is 0. The Morgan fingerprint density at radius 1 is 1.35 bits per heavy atom. The second-order valence-electron chi connectivity index (χ2n) is 4.73. The number of thioether (sulfide) groups is 1. The lowest BCUT2D eigenvalue weighted by atomic mass is 9.96. The number of hydrogen-bond acceptors (Lipinski definition) is 3. The standard InChI is InChI=1S/C14H14Cl2N2OS/c1-20-14(9-17)4-6-18(7-5-14)13(19)10-2-3-11(15)12(16)8-10/h2-3,8H,4-7H2,1H3. The average Bonchev–Trinajstić information content (AvgIpc) is 2.49. The Kier molecular flexibility index (Phi) is 4.85. The van der Waals surface area contributed by atoms with Crippen LogP contribution in [0.3, 0.4) is 0 Å². The van der Waals surface area contributed by atoms with E-state index in [-0.39, 0.29) is 10.7 Å². The molecule has 3 nitrogen and oxygen atoms in total. The number of nitrogens with zero attached hydrogens (tertiary/aromatic N) is 2. The average molecular weight is 329 g/mol. The monoisotopic (exact) mass is 328 g/mol. The number of rotatable bonds is 2. The van der Waals surface area contributed by atoms with E-state index in [1.807, 2.05) is 6.26 Å². The van der Waals surface area contributed by atoms with E-state index in [9.17, 15) is 10.1 Å². The van der Waals surface area contributed by atoms with Crippen molar-refractivity contribution in [1.82, 2.24) is 4.90 Å². The van der Waals surface area contributed by atoms with Crippen LogP contribution in [0.1, 0.15) is 23.2 Å². The highest BCUT2D eigenvalue weighted by molar-refractivity contribution is 8.00. The molecule has 1 amide bonds. The summed E-state index contributed by atoms with van der Waals surface area (Å²) in [6.07, 6.45) is 3.33. The number of carbonyl (C=O) groups is 1. The van der Waals surface area contributed by atoms with Crippen LogP contribution in [-0.4, -0.2) is 34.9 Å². The lowest BCUT2D eigenvalue weighted by Gasteiger charge is -2.36. The summed E-state index contributed by atoms with van der Waals surface area (Å²) in [5.41, 5.74) is 0.535. The van der Waals surface area contributed by atoms with E-state index in [1.165, 1.54) is 0 Å². The number of amides is 1. The summed E-state index contributed by atoms with van der Waals surface area (Å²) in [4.78, 5) is 14.2. The van der Waals surface area contributed by atoms with E-state index in [1.54, 1.807) is 34.9 Å². The molecule has 106 valence electrons. The molecule has 0 aromatic heterocycles. The van der Waals surface area contributed by atoms with E-state index >= 15 is 0 Å². The molecule has 0 unspecified atom stereocenters. The summed E-state index contributed by atoms with van der Waals surface area (Å²) in [5, 5.41) is 10.1. The van der Waals surface area contributed by atoms with Crippen LogP contribution in [-0.2, 0) is 0 Å². The molecule has 0 radical (unpaired) electrons. The molecular formula is C14H14Cl2N2OS. The maximum atomic E-state index is 12.4. The number of halogens is 2. The quantitative estimate of drug-likeness (QED) is 0.828. The predicted molar refractivity (Wildman–Crippen MR) is 83.5 cm³/mol. The highest BCUT2D eigenvalue weighted by Gasteiger charge is 2.35. The third kappa shape index (κ3) is 3.06. The van der Waals surface area contributed by atoms with Crippen LogP contribution in [0, 0.1) is 11.3 Å². The number of likely N-dealkylation sites (tertiary alicyclic amines) is 1. The topological polar surface area (TPSA) is 44.1 Å². The van der Waals surface area contributed by atoms with Crippen LogP contribution < -0.4 is 0 Å². The van der Waals surface area contributed by atoms with E-state index in [0.29, 0.717) is 41.5 Å². The molecule has 0 aliphatic carbocycles. The molecule has 0 spiro atoms. The van der Waals surface area contributed by atoms with Gasteiger partial charge in [0.2, 0.25) is 0 Å². The Morgan fingerprint density at radius 3 is 2.50 bits per heavy atom. The van der Waals surface area contributed by atoms with Gasteiger partial charge >= 0.3 is 0 Å². The van der Waals surface area contributed by atoms with Crippen molar-refractivity contribution >= 4 is 40.9 Å². The van der Waals surface area contributed by atoms with Gasteiger partial charge in [0.15, 0.2) is 0 Å². The maximum Gasteiger partial charge on any atom is 0.253 e. The van der Waals surface area contributed by atoms with Gasteiger partial charge in [0.1, 0.15) is 4.75 Å². The Morgan fingerprint density at radius 2 is 2.00 bits per heavy atom. The summed E-state index contributed by atoms with van der Waals surface area (Å²) in [6, 6.07) is 7.26. The van der Waals surface area contributed by atoms with Crippen molar-refractivity contribution in [1.29, 1.82) is 5.26 Å². The summed E-state index contributed by atoms with van der Waals surface area (Å²) >= 11 is 13.4. The van der Waals surface area contributed by atoms with Crippen LogP contribution in [0.15, 0.2) is 18.2 Å². The Hall–Kier alpha value is -0.890. The van der Waals surface area contributed by atoms with Crippen molar-refractivity contribution in [3.05, 3.63) is 33.8 Å². The molecule has 20 heavy (non-hydrogen) atoms. The van der Waals surface area contributed by atoms with Gasteiger partial charge < -0.3 is 4.90 Å². The van der Waals surface area contributed by atoms with Crippen LogP contribution in [0.4, 0.5) is 0 Å². The summed E-state index contributed by atoms with van der Waals surface area (Å²) in [5.74, 6) is -0.0591. The minimum Gasteiger partial charge on any atom is -0.338 e. The van der Waals surface area contributed by atoms with Crippen LogP contribution in [0.25, 0.3) is 0 Å². The molecule has 0 atom stereocenters. The zero-order valence-electron chi connectivity index (χ0n) is 11.0. The lowest BCUT2D eigenvalue weighted by molar-refractivity contribution is 0.0716. The van der Waals surface area contributed by atoms with E-state index in [2.05, 4.69) is 6.07 Å². The molecule has 0 bridgehead atoms. The molecule has 0 saturated carbocycles. The summed E-state index contributed by atoms with van der Waals surface area (Å²) < 4.78 is -0.353. The van der Waals surface area contributed by atoms with Crippen molar-refractivity contribution in [3.8, 4) is 6.07 Å². The largest absolute Gasteiger partial charge is 0.338 e. The first-order chi connectivity index (χ1) is 9.51. The molecule has 1 heterocycles. The maximum absolute atomic E-state index is 12.4. The van der Waals surface area contributed by atoms with Crippen molar-refractivity contribution in [3.63, 3.8) is 0 Å². The first-order valence-corrected chi connectivity index (χ1v) is 8.20. The molecule has 1 aromatic rings. The third-order valence-corrected chi connectivity index (χ3v) is 5.64. The van der Waals surface area contributed by atoms with E-state index < -0.39 is 0 Å². The third-order valence-electron chi connectivity index (χ3n) is 3.62. The minimum atomic E-state index is -0.353. The van der Waals surface area contributed by atoms with Crippen LogP contribution in [0.2, 0.25) is 10.0 Å². The number of carbonyl (C=O) groups excluding carboxylic acids is 1. The van der Waals surface area contributed by atoms with Gasteiger partial charge in [-0.3, -0.25) is 4.79 Å². The van der Waals surface area contributed by atoms with Gasteiger partial charge in [-0.25, -0.2) is 0 Å². The van der Waals surface area contributed by atoms with Crippen molar-refractivity contribution in [2.24, 2.45) is 0 Å². The van der Waals surface area contributed by atoms with E-state index in [0.717, 1.165) is 0 Å². The molecule has 1 fully saturated rings. The zero-order valence-corrected chi connectivity index (χ0v) is 13.4. The second kappa shape index (κ2) is 6.26. The number of benzene rings is 1. The van der Waals surface area contributed by atoms with Crippen molar-refractivity contribution < 1.29 is 4.79 Å². The van der Waals surface area contributed by atoms with Crippen LogP contribution in [0.5, 0.6) is 0 Å². The van der Waals surface area contributed by atoms with Gasteiger partial charge in [-0.1, -0.05) is 23.2 Å². The Bertz CT molecular complexity index is 563. The second-order valence-corrected chi connectivity index (χ2v) is 6.74. The molecule has 1 aliphatic heterocycles. The SMILES string of the molecule is CSC1(C#N)CCN(C(=O)c2ccc(Cl)c(Cl)c2)CC1. The van der Waals surface area contributed by atoms with Crippen LogP contribution >= 0.6 is 35.0 Å². The Labute approximate surface area is 132 Å². The number of piperidine rings is 1.